The van der Waals surface area contributed by atoms with Crippen LogP contribution in [-0.4, -0.2) is 75.5 Å². The highest BCUT2D eigenvalue weighted by molar-refractivity contribution is 7.89. The first-order chi connectivity index (χ1) is 15.9. The predicted octanol–water partition coefficient (Wildman–Crippen LogP) is 2.13. The Morgan fingerprint density at radius 1 is 1.00 bits per heavy atom. The Morgan fingerprint density at radius 3 is 2.52 bits per heavy atom. The van der Waals surface area contributed by atoms with E-state index in [-0.39, 0.29) is 29.9 Å². The van der Waals surface area contributed by atoms with Gasteiger partial charge in [-0.05, 0) is 37.1 Å². The maximum atomic E-state index is 13.2. The van der Waals surface area contributed by atoms with E-state index in [4.69, 9.17) is 9.47 Å². The van der Waals surface area contributed by atoms with Gasteiger partial charge < -0.3 is 19.3 Å². The van der Waals surface area contributed by atoms with Crippen molar-refractivity contribution in [2.45, 2.75) is 30.7 Å². The Bertz CT molecular complexity index is 1140. The summed E-state index contributed by atoms with van der Waals surface area (Å²) in [6, 6.07) is 13.2. The molecule has 5 rings (SSSR count). The van der Waals surface area contributed by atoms with E-state index in [1.54, 1.807) is 23.1 Å². The summed E-state index contributed by atoms with van der Waals surface area (Å²) in [5.74, 6) is 1.06. The fraction of sp³-hybridized carbons (Fsp3) is 0.458. The van der Waals surface area contributed by atoms with Crippen molar-refractivity contribution >= 4 is 21.6 Å². The molecule has 0 spiro atoms. The number of fused-ring (bicyclic) bond motifs is 2. The SMILES string of the molecule is CC1Cc2ccccc2N1CC(=O)N1CCN(S(=O)(=O)c2ccc3c(c2)OCCCO3)CC1. The van der Waals surface area contributed by atoms with Gasteiger partial charge in [-0.2, -0.15) is 4.31 Å². The molecule has 0 aromatic heterocycles. The normalized spacial score (nSPS) is 20.9. The zero-order valence-corrected chi connectivity index (χ0v) is 19.6. The molecule has 3 aliphatic heterocycles. The highest BCUT2D eigenvalue weighted by Crippen LogP contribution is 2.34. The first-order valence-corrected chi connectivity index (χ1v) is 12.9. The van der Waals surface area contributed by atoms with Crippen LogP contribution in [0.5, 0.6) is 11.5 Å². The first-order valence-electron chi connectivity index (χ1n) is 11.5. The number of anilines is 1. The van der Waals surface area contributed by atoms with Gasteiger partial charge in [0, 0.05) is 50.4 Å². The Morgan fingerprint density at radius 2 is 1.73 bits per heavy atom. The lowest BCUT2D eigenvalue weighted by Crippen LogP contribution is -2.53. The standard InChI is InChI=1S/C24H29N3O5S/c1-18-15-19-5-2-3-6-21(19)27(18)17-24(28)25-9-11-26(12-10-25)33(29,30)20-7-8-22-23(16-20)32-14-4-13-31-22/h2-3,5-8,16,18H,4,9-15,17H2,1H3. The van der Waals surface area contributed by atoms with Crippen molar-refractivity contribution in [3.63, 3.8) is 0 Å². The average molecular weight is 472 g/mol. The molecule has 3 aliphatic rings. The van der Waals surface area contributed by atoms with Crippen LogP contribution in [0.25, 0.3) is 0 Å². The number of hydrogen-bond donors (Lipinski definition) is 0. The number of para-hydroxylation sites is 1. The minimum atomic E-state index is -3.68. The Balaban J connectivity index is 1.23. The summed E-state index contributed by atoms with van der Waals surface area (Å²) in [4.78, 5) is 17.1. The van der Waals surface area contributed by atoms with Gasteiger partial charge in [-0.3, -0.25) is 4.79 Å². The number of rotatable bonds is 4. The smallest absolute Gasteiger partial charge is 0.243 e. The van der Waals surface area contributed by atoms with Crippen LogP contribution < -0.4 is 14.4 Å². The second kappa shape index (κ2) is 8.87. The number of carbonyl (C=O) groups is 1. The molecule has 8 nitrogen and oxygen atoms in total. The Labute approximate surface area is 194 Å². The second-order valence-corrected chi connectivity index (χ2v) is 10.7. The lowest BCUT2D eigenvalue weighted by Gasteiger charge is -2.35. The molecule has 1 fully saturated rings. The fourth-order valence-electron chi connectivity index (χ4n) is 4.75. The van der Waals surface area contributed by atoms with Gasteiger partial charge in [-0.25, -0.2) is 8.42 Å². The van der Waals surface area contributed by atoms with Gasteiger partial charge in [0.2, 0.25) is 15.9 Å². The van der Waals surface area contributed by atoms with Crippen molar-refractivity contribution in [3.05, 3.63) is 48.0 Å². The monoisotopic (exact) mass is 471 g/mol. The van der Waals surface area contributed by atoms with Crippen LogP contribution in [0.1, 0.15) is 18.9 Å². The molecule has 1 atom stereocenters. The summed E-state index contributed by atoms with van der Waals surface area (Å²) in [6.45, 7) is 4.80. The van der Waals surface area contributed by atoms with Crippen LogP contribution in [-0.2, 0) is 21.2 Å². The molecular formula is C24H29N3O5S. The molecule has 2 aromatic carbocycles. The zero-order chi connectivity index (χ0) is 23.0. The molecule has 176 valence electrons. The number of piperazine rings is 1. The summed E-state index contributed by atoms with van der Waals surface area (Å²) in [5.41, 5.74) is 2.39. The molecule has 1 saturated heterocycles. The third kappa shape index (κ3) is 4.27. The molecular weight excluding hydrogens is 442 g/mol. The Hall–Kier alpha value is -2.78. The molecule has 3 heterocycles. The molecule has 2 aromatic rings. The van der Waals surface area contributed by atoms with Gasteiger partial charge in [0.05, 0.1) is 24.7 Å². The van der Waals surface area contributed by atoms with E-state index in [0.29, 0.717) is 44.3 Å². The van der Waals surface area contributed by atoms with Crippen LogP contribution in [0.3, 0.4) is 0 Å². The summed E-state index contributed by atoms with van der Waals surface area (Å²) in [6.07, 6.45) is 1.69. The molecule has 0 aliphatic carbocycles. The molecule has 0 N–H and O–H groups in total. The van der Waals surface area contributed by atoms with Gasteiger partial charge in [0.25, 0.3) is 0 Å². The van der Waals surface area contributed by atoms with Crippen LogP contribution in [0.4, 0.5) is 5.69 Å². The Kier molecular flexibility index (Phi) is 5.92. The maximum absolute atomic E-state index is 13.2. The van der Waals surface area contributed by atoms with E-state index in [1.165, 1.54) is 9.87 Å². The quantitative estimate of drug-likeness (QED) is 0.680. The summed E-state index contributed by atoms with van der Waals surface area (Å²) in [7, 11) is -3.68. The maximum Gasteiger partial charge on any atom is 0.243 e. The van der Waals surface area contributed by atoms with Crippen LogP contribution in [0.15, 0.2) is 47.4 Å². The number of nitrogens with zero attached hydrogens (tertiary/aromatic N) is 3. The average Bonchev–Trinajstić information content (AvgIpc) is 2.98. The van der Waals surface area contributed by atoms with Crippen LogP contribution >= 0.6 is 0 Å². The molecule has 33 heavy (non-hydrogen) atoms. The fourth-order valence-corrected chi connectivity index (χ4v) is 6.19. The number of hydrogen-bond acceptors (Lipinski definition) is 6. The zero-order valence-electron chi connectivity index (χ0n) is 18.8. The largest absolute Gasteiger partial charge is 0.490 e. The second-order valence-electron chi connectivity index (χ2n) is 8.75. The van der Waals surface area contributed by atoms with Crippen LogP contribution in [0, 0.1) is 0 Å². The van der Waals surface area contributed by atoms with E-state index in [0.717, 1.165) is 18.5 Å². The van der Waals surface area contributed by atoms with Crippen molar-refractivity contribution < 1.29 is 22.7 Å². The lowest BCUT2D eigenvalue weighted by atomic mass is 10.1. The third-order valence-corrected chi connectivity index (χ3v) is 8.50. The van der Waals surface area contributed by atoms with E-state index in [9.17, 15) is 13.2 Å². The van der Waals surface area contributed by atoms with Gasteiger partial charge >= 0.3 is 0 Å². The first kappa shape index (κ1) is 22.0. The molecule has 1 unspecified atom stereocenters. The van der Waals surface area contributed by atoms with Crippen molar-refractivity contribution in [3.8, 4) is 11.5 Å². The van der Waals surface area contributed by atoms with Gasteiger partial charge in [-0.15, -0.1) is 0 Å². The van der Waals surface area contributed by atoms with Gasteiger partial charge in [0.15, 0.2) is 11.5 Å². The van der Waals surface area contributed by atoms with E-state index >= 15 is 0 Å². The van der Waals surface area contributed by atoms with E-state index in [2.05, 4.69) is 24.0 Å². The van der Waals surface area contributed by atoms with E-state index < -0.39 is 10.0 Å². The summed E-state index contributed by atoms with van der Waals surface area (Å²) in [5, 5.41) is 0. The number of carbonyl (C=O) groups excluding carboxylic acids is 1. The van der Waals surface area contributed by atoms with Gasteiger partial charge in [-0.1, -0.05) is 18.2 Å². The van der Waals surface area contributed by atoms with Crippen molar-refractivity contribution in [1.82, 2.24) is 9.21 Å². The summed E-state index contributed by atoms with van der Waals surface area (Å²) < 4.78 is 39.1. The highest BCUT2D eigenvalue weighted by Gasteiger charge is 2.33. The highest BCUT2D eigenvalue weighted by atomic mass is 32.2. The molecule has 0 saturated carbocycles. The van der Waals surface area contributed by atoms with E-state index in [1.807, 2.05) is 12.1 Å². The number of sulfonamides is 1. The molecule has 0 bridgehead atoms. The minimum absolute atomic E-state index is 0.0335. The van der Waals surface area contributed by atoms with Crippen molar-refractivity contribution in [1.29, 1.82) is 0 Å². The lowest BCUT2D eigenvalue weighted by molar-refractivity contribution is -0.130. The molecule has 1 amide bonds. The van der Waals surface area contributed by atoms with Gasteiger partial charge in [0.1, 0.15) is 0 Å². The third-order valence-electron chi connectivity index (χ3n) is 6.60. The van der Waals surface area contributed by atoms with Crippen molar-refractivity contribution in [2.24, 2.45) is 0 Å². The molecule has 0 radical (unpaired) electrons. The topological polar surface area (TPSA) is 79.4 Å². The number of ether oxygens (including phenoxy) is 2. The number of amides is 1. The van der Waals surface area contributed by atoms with Crippen LogP contribution in [0.2, 0.25) is 0 Å². The summed E-state index contributed by atoms with van der Waals surface area (Å²) >= 11 is 0. The molecule has 9 heteroatoms. The van der Waals surface area contributed by atoms with Crippen molar-refractivity contribution in [2.75, 3.05) is 50.8 Å². The number of benzene rings is 2. The minimum Gasteiger partial charge on any atom is -0.490 e. The predicted molar refractivity (Wildman–Crippen MR) is 124 cm³/mol.